The third kappa shape index (κ3) is 9.14. The summed E-state index contributed by atoms with van der Waals surface area (Å²) < 4.78 is 5.34. The van der Waals surface area contributed by atoms with E-state index in [0.29, 0.717) is 36.9 Å². The Morgan fingerprint density at radius 1 is 1.11 bits per heavy atom. The molecule has 1 aliphatic rings. The van der Waals surface area contributed by atoms with Crippen molar-refractivity contribution in [1.29, 1.82) is 5.26 Å². The lowest BCUT2D eigenvalue weighted by molar-refractivity contribution is -0.132. The Hall–Kier alpha value is -3.14. The Morgan fingerprint density at radius 2 is 1.78 bits per heavy atom. The maximum Gasteiger partial charge on any atom is 0.233 e. The normalized spacial score (nSPS) is 13.5. The molecule has 0 radical (unpaired) electrons. The van der Waals surface area contributed by atoms with E-state index in [0.717, 1.165) is 22.4 Å². The van der Waals surface area contributed by atoms with Gasteiger partial charge in [-0.3, -0.25) is 4.79 Å². The number of thioether (sulfide) groups is 1. The van der Waals surface area contributed by atoms with Crippen molar-refractivity contribution in [2.45, 2.75) is 46.6 Å². The number of amides is 1. The minimum atomic E-state index is 0.0369. The van der Waals surface area contributed by atoms with Crippen LogP contribution in [-0.2, 0) is 9.53 Å². The molecule has 1 fully saturated rings. The number of carbonyl (C=O) groups is 1. The molecule has 1 aliphatic heterocycles. The van der Waals surface area contributed by atoms with Gasteiger partial charge in [0.1, 0.15) is 11.1 Å². The number of hydrogen-bond donors (Lipinski definition) is 0. The number of rotatable bonds is 7. The fourth-order valence-electron chi connectivity index (χ4n) is 3.36. The number of nitriles is 1. The van der Waals surface area contributed by atoms with Crippen LogP contribution in [0.25, 0.3) is 16.8 Å². The van der Waals surface area contributed by atoms with Crippen LogP contribution < -0.4 is 0 Å². The molecule has 1 amide bonds. The zero-order valence-electron chi connectivity index (χ0n) is 22.5. The number of allylic oxidation sites excluding steroid dienone is 6. The smallest absolute Gasteiger partial charge is 0.233 e. The van der Waals surface area contributed by atoms with E-state index in [-0.39, 0.29) is 11.7 Å². The number of aromatic nitrogens is 1. The van der Waals surface area contributed by atoms with E-state index in [1.165, 1.54) is 11.8 Å². The Bertz CT molecular complexity index is 1060. The molecular formula is C30H39N3O2S. The van der Waals surface area contributed by atoms with Crippen LogP contribution in [0.3, 0.4) is 0 Å². The summed E-state index contributed by atoms with van der Waals surface area (Å²) in [6, 6.07) is 14.2. The highest BCUT2D eigenvalue weighted by Gasteiger charge is 2.20. The molecule has 0 atom stereocenters. The van der Waals surface area contributed by atoms with Gasteiger partial charge in [-0.2, -0.15) is 5.26 Å². The largest absolute Gasteiger partial charge is 0.378 e. The molecule has 2 heterocycles. The standard InChI is InChI=1S/C26H27N3O2S.2C2H6/c1-3-5-7-10-20(4-2)22-17-24(21-11-8-6-9-12-21)28-26(23(22)18-27)32-19-25(30)29-13-15-31-16-14-29;2*1-2/h3-12,17H,13-16,19H2,1-2H3;2*1-2H3/b5-3-,10-7-,20-4+;;. The van der Waals surface area contributed by atoms with Crippen LogP contribution in [0.2, 0.25) is 0 Å². The summed E-state index contributed by atoms with van der Waals surface area (Å²) in [6.07, 6.45) is 9.82. The van der Waals surface area contributed by atoms with Crippen molar-refractivity contribution in [1.82, 2.24) is 9.88 Å². The van der Waals surface area contributed by atoms with Gasteiger partial charge in [0.25, 0.3) is 0 Å². The maximum atomic E-state index is 12.7. The number of pyridine rings is 1. The molecular weight excluding hydrogens is 466 g/mol. The van der Waals surface area contributed by atoms with Gasteiger partial charge in [-0.25, -0.2) is 4.98 Å². The van der Waals surface area contributed by atoms with Gasteiger partial charge in [0, 0.05) is 24.2 Å². The molecule has 2 aromatic rings. The summed E-state index contributed by atoms with van der Waals surface area (Å²) >= 11 is 1.32. The second-order valence-electron chi connectivity index (χ2n) is 7.12. The van der Waals surface area contributed by atoms with Gasteiger partial charge >= 0.3 is 0 Å². The molecule has 1 saturated heterocycles. The van der Waals surface area contributed by atoms with Gasteiger partial charge < -0.3 is 9.64 Å². The third-order valence-electron chi connectivity index (χ3n) is 5.07. The first-order valence-electron chi connectivity index (χ1n) is 12.6. The van der Waals surface area contributed by atoms with Crippen molar-refractivity contribution in [2.75, 3.05) is 32.1 Å². The quantitative estimate of drug-likeness (QED) is 0.295. The van der Waals surface area contributed by atoms with Crippen LogP contribution in [0, 0.1) is 11.3 Å². The van der Waals surface area contributed by atoms with Gasteiger partial charge in [-0.05, 0) is 25.5 Å². The molecule has 5 nitrogen and oxygen atoms in total. The second-order valence-corrected chi connectivity index (χ2v) is 8.09. The highest BCUT2D eigenvalue weighted by atomic mass is 32.2. The molecule has 0 aliphatic carbocycles. The van der Waals surface area contributed by atoms with E-state index in [4.69, 9.17) is 9.72 Å². The molecule has 0 saturated carbocycles. The Balaban J connectivity index is 0.00000154. The lowest BCUT2D eigenvalue weighted by Gasteiger charge is -2.26. The molecule has 0 N–H and O–H groups in total. The fraction of sp³-hybridized carbons (Fsp3) is 0.367. The average molecular weight is 506 g/mol. The van der Waals surface area contributed by atoms with Crippen molar-refractivity contribution in [2.24, 2.45) is 0 Å². The highest BCUT2D eigenvalue weighted by Crippen LogP contribution is 2.32. The third-order valence-corrected chi connectivity index (χ3v) is 6.03. The van der Waals surface area contributed by atoms with Crippen LogP contribution in [0.15, 0.2) is 71.8 Å². The first-order valence-corrected chi connectivity index (χ1v) is 13.6. The molecule has 1 aromatic heterocycles. The first kappa shape index (κ1) is 30.9. The predicted octanol–water partition coefficient (Wildman–Crippen LogP) is 7.16. The van der Waals surface area contributed by atoms with Crippen LogP contribution >= 0.6 is 11.8 Å². The number of benzene rings is 1. The number of carbonyl (C=O) groups excluding carboxylic acids is 1. The van der Waals surface area contributed by atoms with Gasteiger partial charge in [0.15, 0.2) is 0 Å². The van der Waals surface area contributed by atoms with E-state index in [1.54, 1.807) is 0 Å². The van der Waals surface area contributed by atoms with Gasteiger partial charge in [-0.1, -0.05) is 100 Å². The SMILES string of the molecule is CC.CC.C\C=C/C=C\C(=C/C)c1cc(-c2ccccc2)nc(SCC(=O)N2CCOCC2)c1C#N. The molecule has 1 aromatic carbocycles. The Kier molecular flexibility index (Phi) is 15.6. The predicted molar refractivity (Wildman–Crippen MR) is 153 cm³/mol. The molecule has 3 rings (SSSR count). The molecule has 36 heavy (non-hydrogen) atoms. The van der Waals surface area contributed by atoms with Crippen LogP contribution in [0.5, 0.6) is 0 Å². The van der Waals surface area contributed by atoms with Crippen LogP contribution in [0.4, 0.5) is 0 Å². The molecule has 0 unspecified atom stereocenters. The van der Waals surface area contributed by atoms with Crippen molar-refractivity contribution < 1.29 is 9.53 Å². The number of hydrogen-bond acceptors (Lipinski definition) is 5. The summed E-state index contributed by atoms with van der Waals surface area (Å²) in [5.74, 6) is 0.272. The summed E-state index contributed by atoms with van der Waals surface area (Å²) in [4.78, 5) is 19.3. The first-order chi connectivity index (χ1) is 17.7. The maximum absolute atomic E-state index is 12.7. The van der Waals surface area contributed by atoms with E-state index in [2.05, 4.69) is 6.07 Å². The van der Waals surface area contributed by atoms with E-state index < -0.39 is 0 Å². The second kappa shape index (κ2) is 18.2. The van der Waals surface area contributed by atoms with Crippen LogP contribution in [0.1, 0.15) is 52.7 Å². The van der Waals surface area contributed by atoms with E-state index in [1.807, 2.05) is 113 Å². The zero-order chi connectivity index (χ0) is 26.8. The summed E-state index contributed by atoms with van der Waals surface area (Å²) in [5, 5.41) is 10.6. The topological polar surface area (TPSA) is 66.2 Å². The van der Waals surface area contributed by atoms with Crippen molar-refractivity contribution in [3.63, 3.8) is 0 Å². The minimum Gasteiger partial charge on any atom is -0.378 e. The number of morpholine rings is 1. The van der Waals surface area contributed by atoms with E-state index in [9.17, 15) is 10.1 Å². The fourth-order valence-corrected chi connectivity index (χ4v) is 4.27. The van der Waals surface area contributed by atoms with Crippen molar-refractivity contribution >= 4 is 23.2 Å². The van der Waals surface area contributed by atoms with Gasteiger partial charge in [-0.15, -0.1) is 0 Å². The average Bonchev–Trinajstić information content (AvgIpc) is 2.96. The molecule has 0 bridgehead atoms. The monoisotopic (exact) mass is 505 g/mol. The molecule has 0 spiro atoms. The summed E-state index contributed by atoms with van der Waals surface area (Å²) in [7, 11) is 0. The van der Waals surface area contributed by atoms with Crippen molar-refractivity contribution in [3.8, 4) is 17.3 Å². The van der Waals surface area contributed by atoms with Crippen molar-refractivity contribution in [3.05, 3.63) is 77.9 Å². The lowest BCUT2D eigenvalue weighted by Crippen LogP contribution is -2.41. The Morgan fingerprint density at radius 3 is 2.36 bits per heavy atom. The minimum absolute atomic E-state index is 0.0369. The van der Waals surface area contributed by atoms with Gasteiger partial charge in [0.2, 0.25) is 5.91 Å². The summed E-state index contributed by atoms with van der Waals surface area (Å²) in [5.41, 5.74) is 3.97. The highest BCUT2D eigenvalue weighted by molar-refractivity contribution is 8.00. The summed E-state index contributed by atoms with van der Waals surface area (Å²) in [6.45, 7) is 14.2. The van der Waals surface area contributed by atoms with Gasteiger partial charge in [0.05, 0.1) is 30.2 Å². The van der Waals surface area contributed by atoms with E-state index >= 15 is 0 Å². The lowest BCUT2D eigenvalue weighted by atomic mass is 9.98. The molecule has 192 valence electrons. The molecule has 6 heteroatoms. The zero-order valence-corrected chi connectivity index (χ0v) is 23.3. The number of nitrogens with zero attached hydrogens (tertiary/aromatic N) is 3. The number of ether oxygens (including phenoxy) is 1. The Labute approximate surface area is 221 Å². The van der Waals surface area contributed by atoms with Crippen LogP contribution in [-0.4, -0.2) is 47.8 Å².